The van der Waals surface area contributed by atoms with E-state index in [4.69, 9.17) is 4.74 Å². The van der Waals surface area contributed by atoms with Crippen LogP contribution in [0.2, 0.25) is 0 Å². The molecule has 0 aromatic heterocycles. The Balaban J connectivity index is 2.34. The molecule has 2 atom stereocenters. The number of hydrogen-bond acceptors (Lipinski definition) is 3. The van der Waals surface area contributed by atoms with Gasteiger partial charge in [-0.05, 0) is 18.6 Å². The van der Waals surface area contributed by atoms with Gasteiger partial charge in [-0.15, -0.1) is 0 Å². The molecule has 4 nitrogen and oxygen atoms in total. The molecule has 1 aliphatic heterocycles. The van der Waals surface area contributed by atoms with E-state index in [1.807, 2.05) is 38.1 Å². The second-order valence-corrected chi connectivity index (χ2v) is 4.48. The highest BCUT2D eigenvalue weighted by Crippen LogP contribution is 2.36. The van der Waals surface area contributed by atoms with Gasteiger partial charge in [-0.3, -0.25) is 14.9 Å². The molecule has 1 aromatic carbocycles. The van der Waals surface area contributed by atoms with Crippen LogP contribution in [0.5, 0.6) is 5.75 Å². The largest absolute Gasteiger partial charge is 0.494 e. The SMILES string of the molecule is CCOc1ccccc1C1CC(=O)NC(=O)C1C. The highest BCUT2D eigenvalue weighted by atomic mass is 16.5. The van der Waals surface area contributed by atoms with Crippen molar-refractivity contribution in [3.8, 4) is 5.75 Å². The Morgan fingerprint density at radius 1 is 1.33 bits per heavy atom. The third-order valence-corrected chi connectivity index (χ3v) is 3.30. The number of rotatable bonds is 3. The first kappa shape index (κ1) is 12.6. The molecule has 0 bridgehead atoms. The summed E-state index contributed by atoms with van der Waals surface area (Å²) in [5.74, 6) is 0.0228. The van der Waals surface area contributed by atoms with Crippen molar-refractivity contribution in [2.75, 3.05) is 6.61 Å². The van der Waals surface area contributed by atoms with Crippen molar-refractivity contribution in [3.05, 3.63) is 29.8 Å². The lowest BCUT2D eigenvalue weighted by Crippen LogP contribution is -2.43. The first-order chi connectivity index (χ1) is 8.63. The van der Waals surface area contributed by atoms with E-state index in [9.17, 15) is 9.59 Å². The fourth-order valence-corrected chi connectivity index (χ4v) is 2.31. The van der Waals surface area contributed by atoms with Crippen LogP contribution in [-0.2, 0) is 9.59 Å². The molecule has 1 N–H and O–H groups in total. The van der Waals surface area contributed by atoms with Crippen molar-refractivity contribution >= 4 is 11.8 Å². The molecule has 2 amide bonds. The molecule has 0 aliphatic carbocycles. The van der Waals surface area contributed by atoms with Gasteiger partial charge in [-0.2, -0.15) is 0 Å². The molecule has 0 saturated carbocycles. The van der Waals surface area contributed by atoms with E-state index in [0.29, 0.717) is 13.0 Å². The second kappa shape index (κ2) is 5.21. The molecule has 1 aliphatic rings. The van der Waals surface area contributed by atoms with Gasteiger partial charge >= 0.3 is 0 Å². The lowest BCUT2D eigenvalue weighted by Gasteiger charge is -2.28. The Hall–Kier alpha value is -1.84. The molecule has 4 heteroatoms. The van der Waals surface area contributed by atoms with E-state index in [1.54, 1.807) is 0 Å². The fourth-order valence-electron chi connectivity index (χ4n) is 2.31. The minimum absolute atomic E-state index is 0.103. The minimum atomic E-state index is -0.218. The highest BCUT2D eigenvalue weighted by Gasteiger charge is 2.34. The van der Waals surface area contributed by atoms with Crippen molar-refractivity contribution in [1.29, 1.82) is 0 Å². The molecule has 1 aromatic rings. The predicted octanol–water partition coefficient (Wildman–Crippen LogP) is 1.85. The molecule has 0 radical (unpaired) electrons. The average Bonchev–Trinajstić information content (AvgIpc) is 2.35. The molecular formula is C14H17NO3. The monoisotopic (exact) mass is 247 g/mol. The molecule has 96 valence electrons. The van der Waals surface area contributed by atoms with E-state index < -0.39 is 0 Å². The quantitative estimate of drug-likeness (QED) is 0.829. The topological polar surface area (TPSA) is 55.4 Å². The average molecular weight is 247 g/mol. The number of piperidine rings is 1. The molecule has 1 saturated heterocycles. The van der Waals surface area contributed by atoms with Gasteiger partial charge < -0.3 is 4.74 Å². The number of ether oxygens (including phenoxy) is 1. The summed E-state index contributed by atoms with van der Waals surface area (Å²) in [4.78, 5) is 23.2. The van der Waals surface area contributed by atoms with Crippen molar-refractivity contribution in [1.82, 2.24) is 5.32 Å². The first-order valence-corrected chi connectivity index (χ1v) is 6.19. The van der Waals surface area contributed by atoms with Crippen molar-refractivity contribution in [3.63, 3.8) is 0 Å². The molecule has 2 unspecified atom stereocenters. The molecule has 1 fully saturated rings. The number of benzene rings is 1. The lowest BCUT2D eigenvalue weighted by atomic mass is 9.81. The van der Waals surface area contributed by atoms with Gasteiger partial charge in [0.25, 0.3) is 0 Å². The number of hydrogen-bond donors (Lipinski definition) is 1. The second-order valence-electron chi connectivity index (χ2n) is 4.48. The van der Waals surface area contributed by atoms with E-state index in [0.717, 1.165) is 11.3 Å². The van der Waals surface area contributed by atoms with Crippen LogP contribution < -0.4 is 10.1 Å². The standard InChI is InChI=1S/C14H17NO3/c1-3-18-12-7-5-4-6-10(12)11-8-13(16)15-14(17)9(11)2/h4-7,9,11H,3,8H2,1-2H3,(H,15,16,17). The van der Waals surface area contributed by atoms with Crippen LogP contribution in [0.4, 0.5) is 0 Å². The van der Waals surface area contributed by atoms with Gasteiger partial charge in [0.1, 0.15) is 5.75 Å². The van der Waals surface area contributed by atoms with Gasteiger partial charge in [-0.25, -0.2) is 0 Å². The van der Waals surface area contributed by atoms with Crippen LogP contribution >= 0.6 is 0 Å². The van der Waals surface area contributed by atoms with E-state index in [1.165, 1.54) is 0 Å². The van der Waals surface area contributed by atoms with Crippen molar-refractivity contribution in [2.24, 2.45) is 5.92 Å². The first-order valence-electron chi connectivity index (χ1n) is 6.19. The van der Waals surface area contributed by atoms with Gasteiger partial charge in [0.05, 0.1) is 6.61 Å². The summed E-state index contributed by atoms with van der Waals surface area (Å²) in [7, 11) is 0. The number of carbonyl (C=O) groups is 2. The van der Waals surface area contributed by atoms with Crippen LogP contribution in [0, 0.1) is 5.92 Å². The minimum Gasteiger partial charge on any atom is -0.494 e. The van der Waals surface area contributed by atoms with Crippen LogP contribution in [0.3, 0.4) is 0 Å². The third kappa shape index (κ3) is 2.37. The summed E-state index contributed by atoms with van der Waals surface area (Å²) in [5, 5.41) is 2.36. The molecular weight excluding hydrogens is 230 g/mol. The summed E-state index contributed by atoms with van der Waals surface area (Å²) in [6.45, 7) is 4.33. The molecule has 2 rings (SSSR count). The Labute approximate surface area is 106 Å². The van der Waals surface area contributed by atoms with Crippen LogP contribution in [-0.4, -0.2) is 18.4 Å². The number of para-hydroxylation sites is 1. The van der Waals surface area contributed by atoms with Crippen molar-refractivity contribution in [2.45, 2.75) is 26.2 Å². The maximum absolute atomic E-state index is 11.7. The van der Waals surface area contributed by atoms with Crippen LogP contribution in [0.1, 0.15) is 31.7 Å². The van der Waals surface area contributed by atoms with Gasteiger partial charge in [0, 0.05) is 18.3 Å². The third-order valence-electron chi connectivity index (χ3n) is 3.30. The Bertz CT molecular complexity index is 470. The number of nitrogens with one attached hydrogen (secondary N) is 1. The van der Waals surface area contributed by atoms with Gasteiger partial charge in [0.2, 0.25) is 11.8 Å². The van der Waals surface area contributed by atoms with E-state index >= 15 is 0 Å². The summed E-state index contributed by atoms with van der Waals surface area (Å²) in [6, 6.07) is 7.60. The maximum Gasteiger partial charge on any atom is 0.230 e. The number of amides is 2. The molecule has 1 heterocycles. The predicted molar refractivity (Wildman–Crippen MR) is 67.3 cm³/mol. The van der Waals surface area contributed by atoms with Crippen LogP contribution in [0.25, 0.3) is 0 Å². The smallest absolute Gasteiger partial charge is 0.230 e. The van der Waals surface area contributed by atoms with Crippen molar-refractivity contribution < 1.29 is 14.3 Å². The van der Waals surface area contributed by atoms with Gasteiger partial charge in [-0.1, -0.05) is 25.1 Å². The summed E-state index contributed by atoms with van der Waals surface area (Å²) in [6.07, 6.45) is 0.330. The Morgan fingerprint density at radius 2 is 2.06 bits per heavy atom. The van der Waals surface area contributed by atoms with Gasteiger partial charge in [0.15, 0.2) is 0 Å². The summed E-state index contributed by atoms with van der Waals surface area (Å²) in [5.41, 5.74) is 0.940. The highest BCUT2D eigenvalue weighted by molar-refractivity contribution is 5.99. The number of carbonyl (C=O) groups excluding carboxylic acids is 2. The zero-order valence-corrected chi connectivity index (χ0v) is 10.6. The Kier molecular flexibility index (Phi) is 3.65. The normalized spacial score (nSPS) is 23.7. The maximum atomic E-state index is 11.7. The summed E-state index contributed by atoms with van der Waals surface area (Å²) < 4.78 is 5.57. The molecule has 18 heavy (non-hydrogen) atoms. The Morgan fingerprint density at radius 3 is 2.78 bits per heavy atom. The molecule has 0 spiro atoms. The fraction of sp³-hybridized carbons (Fsp3) is 0.429. The zero-order chi connectivity index (χ0) is 13.1. The van der Waals surface area contributed by atoms with E-state index in [-0.39, 0.29) is 23.7 Å². The number of imide groups is 1. The van der Waals surface area contributed by atoms with Crippen LogP contribution in [0.15, 0.2) is 24.3 Å². The van der Waals surface area contributed by atoms with E-state index in [2.05, 4.69) is 5.32 Å². The zero-order valence-electron chi connectivity index (χ0n) is 10.6. The summed E-state index contributed by atoms with van der Waals surface area (Å²) >= 11 is 0. The lowest BCUT2D eigenvalue weighted by molar-refractivity contribution is -0.136.